The second-order valence-corrected chi connectivity index (χ2v) is 5.93. The number of non-ortho nitro benzene ring substituents is 1. The molecule has 10 heteroatoms. The van der Waals surface area contributed by atoms with Crippen LogP contribution in [0.15, 0.2) is 57.7 Å². The Bertz CT molecular complexity index is 1150. The van der Waals surface area contributed by atoms with Gasteiger partial charge < -0.3 is 8.60 Å². The third kappa shape index (κ3) is 3.34. The van der Waals surface area contributed by atoms with Crippen molar-refractivity contribution in [3.8, 4) is 17.1 Å². The van der Waals surface area contributed by atoms with E-state index in [1.807, 2.05) is 0 Å². The molecule has 0 bridgehead atoms. The van der Waals surface area contributed by atoms with Crippen LogP contribution in [0.25, 0.3) is 22.1 Å². The first-order valence-corrected chi connectivity index (χ1v) is 8.10. The molecule has 9 nitrogen and oxygen atoms in total. The van der Waals surface area contributed by atoms with Gasteiger partial charge in [-0.25, -0.2) is 0 Å². The van der Waals surface area contributed by atoms with Crippen LogP contribution in [-0.4, -0.2) is 17.9 Å². The van der Waals surface area contributed by atoms with Gasteiger partial charge in [0.2, 0.25) is 5.43 Å². The summed E-state index contributed by atoms with van der Waals surface area (Å²) in [6.07, 6.45) is 0. The molecular formula is C15H9NO8S. The molecule has 3 aromatic rings. The summed E-state index contributed by atoms with van der Waals surface area (Å²) in [7, 11) is -4.99. The lowest BCUT2D eigenvalue weighted by molar-refractivity contribution is -0.384. The third-order valence-electron chi connectivity index (χ3n) is 3.29. The lowest BCUT2D eigenvalue weighted by Gasteiger charge is -2.09. The molecule has 1 N–H and O–H groups in total. The van der Waals surface area contributed by atoms with Gasteiger partial charge in [0, 0.05) is 12.1 Å². The molecule has 25 heavy (non-hydrogen) atoms. The Morgan fingerprint density at radius 3 is 2.52 bits per heavy atom. The van der Waals surface area contributed by atoms with Gasteiger partial charge in [-0.1, -0.05) is 24.3 Å². The van der Waals surface area contributed by atoms with Crippen LogP contribution in [0.2, 0.25) is 0 Å². The molecule has 1 heterocycles. The lowest BCUT2D eigenvalue weighted by atomic mass is 10.0. The van der Waals surface area contributed by atoms with Crippen LogP contribution in [-0.2, 0) is 10.4 Å². The van der Waals surface area contributed by atoms with Gasteiger partial charge in [-0.2, -0.15) is 8.42 Å². The van der Waals surface area contributed by atoms with Crippen molar-refractivity contribution in [1.82, 2.24) is 0 Å². The van der Waals surface area contributed by atoms with Crippen LogP contribution < -0.4 is 9.61 Å². The minimum absolute atomic E-state index is 0.00681. The van der Waals surface area contributed by atoms with E-state index < -0.39 is 26.7 Å². The maximum Gasteiger partial charge on any atom is 0.449 e. The minimum atomic E-state index is -4.99. The molecule has 3 rings (SSSR count). The van der Waals surface area contributed by atoms with Gasteiger partial charge in [0.25, 0.3) is 5.69 Å². The largest absolute Gasteiger partial charge is 0.449 e. The van der Waals surface area contributed by atoms with Gasteiger partial charge in [-0.05, 0) is 17.7 Å². The van der Waals surface area contributed by atoms with Gasteiger partial charge in [0.1, 0.15) is 11.1 Å². The molecule has 128 valence electrons. The van der Waals surface area contributed by atoms with Crippen LogP contribution in [0.5, 0.6) is 5.95 Å². The standard InChI is InChI=1S/C15H9NO8S/c17-14-11-6-1-2-7-12(11)23-15(24-25(20,21)22)13(14)9-4-3-5-10(8-9)16(18)19/h1-8H,(H,20,21,22). The highest BCUT2D eigenvalue weighted by Gasteiger charge is 2.23. The Morgan fingerprint density at radius 1 is 1.12 bits per heavy atom. The van der Waals surface area contributed by atoms with E-state index in [1.54, 1.807) is 12.1 Å². The summed E-state index contributed by atoms with van der Waals surface area (Å²) in [6, 6.07) is 10.9. The predicted molar refractivity (Wildman–Crippen MR) is 86.8 cm³/mol. The zero-order chi connectivity index (χ0) is 18.2. The molecule has 0 saturated carbocycles. The van der Waals surface area contributed by atoms with E-state index in [0.717, 1.165) is 6.07 Å². The SMILES string of the molecule is O=c1c(-c2cccc([N+](=O)[O-])c2)c(OS(=O)(=O)O)oc2ccccc12. The molecule has 0 radical (unpaired) electrons. The Morgan fingerprint density at radius 2 is 1.84 bits per heavy atom. The first kappa shape index (κ1) is 16.6. The van der Waals surface area contributed by atoms with Crippen molar-refractivity contribution in [3.63, 3.8) is 0 Å². The number of rotatable bonds is 4. The minimum Gasteiger partial charge on any atom is -0.424 e. The first-order valence-electron chi connectivity index (χ1n) is 6.74. The van der Waals surface area contributed by atoms with Crippen molar-refractivity contribution < 1.29 is 26.5 Å². The zero-order valence-corrected chi connectivity index (χ0v) is 13.1. The molecule has 2 aromatic carbocycles. The van der Waals surface area contributed by atoms with Gasteiger partial charge in [-0.3, -0.25) is 19.5 Å². The fourth-order valence-electron chi connectivity index (χ4n) is 2.30. The van der Waals surface area contributed by atoms with Gasteiger partial charge in [0.15, 0.2) is 0 Å². The summed E-state index contributed by atoms with van der Waals surface area (Å²) in [6.45, 7) is 0. The molecule has 1 aromatic heterocycles. The van der Waals surface area contributed by atoms with E-state index >= 15 is 0 Å². The lowest BCUT2D eigenvalue weighted by Crippen LogP contribution is -2.13. The average Bonchev–Trinajstić information content (AvgIpc) is 2.54. The first-order chi connectivity index (χ1) is 11.8. The molecule has 0 aliphatic heterocycles. The molecule has 0 aliphatic carbocycles. The van der Waals surface area contributed by atoms with Gasteiger partial charge >= 0.3 is 16.3 Å². The number of fused-ring (bicyclic) bond motifs is 1. The number of benzene rings is 2. The Kier molecular flexibility index (Phi) is 3.99. The zero-order valence-electron chi connectivity index (χ0n) is 12.3. The number of nitro benzene ring substituents is 1. The monoisotopic (exact) mass is 363 g/mol. The fraction of sp³-hybridized carbons (Fsp3) is 0. The smallest absolute Gasteiger partial charge is 0.424 e. The topological polar surface area (TPSA) is 137 Å². The Balaban J connectivity index is 2.37. The van der Waals surface area contributed by atoms with E-state index in [0.29, 0.717) is 0 Å². The van der Waals surface area contributed by atoms with Crippen molar-refractivity contribution in [2.75, 3.05) is 0 Å². The van der Waals surface area contributed by atoms with E-state index in [2.05, 4.69) is 4.18 Å². The summed E-state index contributed by atoms with van der Waals surface area (Å²) < 4.78 is 40.7. The summed E-state index contributed by atoms with van der Waals surface area (Å²) in [5, 5.41) is 11.0. The fourth-order valence-corrected chi connectivity index (χ4v) is 2.61. The van der Waals surface area contributed by atoms with Crippen LogP contribution in [0.3, 0.4) is 0 Å². The van der Waals surface area contributed by atoms with E-state index in [4.69, 9.17) is 8.97 Å². The Hall–Kier alpha value is -3.24. The summed E-state index contributed by atoms with van der Waals surface area (Å²) in [5.74, 6) is -0.785. The second kappa shape index (κ2) is 6.00. The maximum atomic E-state index is 12.7. The molecule has 0 unspecified atom stereocenters. The number of hydrogen-bond donors (Lipinski definition) is 1. The molecule has 0 spiro atoms. The van der Waals surface area contributed by atoms with Crippen molar-refractivity contribution in [2.45, 2.75) is 0 Å². The number of hydrogen-bond acceptors (Lipinski definition) is 7. The summed E-state index contributed by atoms with van der Waals surface area (Å²) >= 11 is 0. The van der Waals surface area contributed by atoms with Crippen molar-refractivity contribution in [2.24, 2.45) is 0 Å². The molecular weight excluding hydrogens is 354 g/mol. The van der Waals surface area contributed by atoms with Crippen molar-refractivity contribution in [3.05, 3.63) is 68.9 Å². The van der Waals surface area contributed by atoms with E-state index in [9.17, 15) is 23.3 Å². The highest BCUT2D eigenvalue weighted by molar-refractivity contribution is 7.81. The Labute approximate surface area is 140 Å². The van der Waals surface area contributed by atoms with Crippen LogP contribution in [0.4, 0.5) is 5.69 Å². The number of para-hydroxylation sites is 1. The van der Waals surface area contributed by atoms with E-state index in [1.165, 1.54) is 30.3 Å². The van der Waals surface area contributed by atoms with Gasteiger partial charge in [-0.15, -0.1) is 0 Å². The molecule has 0 amide bonds. The normalized spacial score (nSPS) is 11.4. The highest BCUT2D eigenvalue weighted by Crippen LogP contribution is 2.32. The molecule has 0 atom stereocenters. The van der Waals surface area contributed by atoms with E-state index in [-0.39, 0.29) is 27.8 Å². The van der Waals surface area contributed by atoms with Crippen LogP contribution in [0.1, 0.15) is 0 Å². The van der Waals surface area contributed by atoms with Crippen LogP contribution >= 0.6 is 0 Å². The number of nitro groups is 1. The van der Waals surface area contributed by atoms with Crippen molar-refractivity contribution in [1.29, 1.82) is 0 Å². The molecule has 0 fully saturated rings. The molecule has 0 aliphatic rings. The number of nitrogens with zero attached hydrogens (tertiary/aromatic N) is 1. The highest BCUT2D eigenvalue weighted by atomic mass is 32.3. The predicted octanol–water partition coefficient (Wildman–Crippen LogP) is 2.55. The van der Waals surface area contributed by atoms with Crippen LogP contribution in [0, 0.1) is 10.1 Å². The third-order valence-corrected chi connectivity index (χ3v) is 3.65. The van der Waals surface area contributed by atoms with Crippen molar-refractivity contribution >= 4 is 27.1 Å². The van der Waals surface area contributed by atoms with Gasteiger partial charge in [0.05, 0.1) is 10.3 Å². The summed E-state index contributed by atoms with van der Waals surface area (Å²) in [4.78, 5) is 23.0. The quantitative estimate of drug-likeness (QED) is 0.424. The summed E-state index contributed by atoms with van der Waals surface area (Å²) in [5.41, 5.74) is -1.31. The maximum absolute atomic E-state index is 12.7. The average molecular weight is 363 g/mol. The second-order valence-electron chi connectivity index (χ2n) is 4.91. The molecule has 0 saturated heterocycles.